The molecule has 1 aromatic carbocycles. The van der Waals surface area contributed by atoms with Gasteiger partial charge >= 0.3 is 6.18 Å². The lowest BCUT2D eigenvalue weighted by atomic mass is 10.1. The fourth-order valence-electron chi connectivity index (χ4n) is 1.89. The summed E-state index contributed by atoms with van der Waals surface area (Å²) >= 11 is 0. The van der Waals surface area contributed by atoms with Crippen LogP contribution in [0.2, 0.25) is 0 Å². The van der Waals surface area contributed by atoms with Gasteiger partial charge in [-0.15, -0.1) is 0 Å². The largest absolute Gasteiger partial charge is 0.488 e. The van der Waals surface area contributed by atoms with Gasteiger partial charge in [0.2, 0.25) is 0 Å². The minimum Gasteiger partial charge on any atom is -0.488 e. The standard InChI is InChI=1S/C12H14F3NO/c1-8-3-9(12(13,14)15)5-10(4-8)17-11-6-16(2)7-11/h3-5,11H,6-7H2,1-2H3. The maximum absolute atomic E-state index is 12.6. The van der Waals surface area contributed by atoms with Crippen LogP contribution < -0.4 is 4.74 Å². The van der Waals surface area contributed by atoms with E-state index in [-0.39, 0.29) is 6.10 Å². The van der Waals surface area contributed by atoms with Gasteiger partial charge in [-0.3, -0.25) is 4.90 Å². The lowest BCUT2D eigenvalue weighted by molar-refractivity contribution is -0.137. The second kappa shape index (κ2) is 4.22. The van der Waals surface area contributed by atoms with E-state index in [1.54, 1.807) is 13.0 Å². The Morgan fingerprint density at radius 1 is 1.24 bits per heavy atom. The fraction of sp³-hybridized carbons (Fsp3) is 0.500. The molecule has 0 atom stereocenters. The van der Waals surface area contributed by atoms with Crippen molar-refractivity contribution < 1.29 is 17.9 Å². The summed E-state index contributed by atoms with van der Waals surface area (Å²) in [5.41, 5.74) is -0.0947. The Hall–Kier alpha value is -1.23. The number of likely N-dealkylation sites (tertiary alicyclic amines) is 1. The molecule has 0 bridgehead atoms. The van der Waals surface area contributed by atoms with Gasteiger partial charge in [-0.1, -0.05) is 0 Å². The molecule has 0 aliphatic carbocycles. The van der Waals surface area contributed by atoms with Crippen molar-refractivity contribution in [2.45, 2.75) is 19.2 Å². The molecule has 5 heteroatoms. The predicted molar refractivity (Wildman–Crippen MR) is 58.1 cm³/mol. The van der Waals surface area contributed by atoms with Gasteiger partial charge in [0.15, 0.2) is 0 Å². The lowest BCUT2D eigenvalue weighted by Crippen LogP contribution is -2.51. The summed E-state index contributed by atoms with van der Waals surface area (Å²) in [6, 6.07) is 3.82. The van der Waals surface area contributed by atoms with Crippen LogP contribution in [0.4, 0.5) is 13.2 Å². The Labute approximate surface area is 98.0 Å². The first-order chi connectivity index (χ1) is 7.84. The van der Waals surface area contributed by atoms with Crippen LogP contribution in [0.5, 0.6) is 5.75 Å². The molecular formula is C12H14F3NO. The van der Waals surface area contributed by atoms with Crippen LogP contribution in [0.25, 0.3) is 0 Å². The maximum atomic E-state index is 12.6. The monoisotopic (exact) mass is 245 g/mol. The van der Waals surface area contributed by atoms with E-state index in [0.29, 0.717) is 11.3 Å². The van der Waals surface area contributed by atoms with Crippen molar-refractivity contribution in [3.05, 3.63) is 29.3 Å². The molecule has 1 fully saturated rings. The quantitative estimate of drug-likeness (QED) is 0.794. The molecule has 1 aromatic rings. The van der Waals surface area contributed by atoms with E-state index < -0.39 is 11.7 Å². The van der Waals surface area contributed by atoms with Gasteiger partial charge in [-0.25, -0.2) is 0 Å². The Balaban J connectivity index is 2.14. The predicted octanol–water partition coefficient (Wildman–Crippen LogP) is 2.71. The number of rotatable bonds is 2. The fourth-order valence-corrected chi connectivity index (χ4v) is 1.89. The maximum Gasteiger partial charge on any atom is 0.416 e. The summed E-state index contributed by atoms with van der Waals surface area (Å²) in [5, 5.41) is 0. The third-order valence-electron chi connectivity index (χ3n) is 2.71. The smallest absolute Gasteiger partial charge is 0.416 e. The van der Waals surface area contributed by atoms with Crippen molar-refractivity contribution in [3.8, 4) is 5.75 Å². The van der Waals surface area contributed by atoms with Crippen LogP contribution in [0.3, 0.4) is 0 Å². The first-order valence-electron chi connectivity index (χ1n) is 5.38. The molecule has 1 aliphatic rings. The van der Waals surface area contributed by atoms with Crippen molar-refractivity contribution in [3.63, 3.8) is 0 Å². The number of hydrogen-bond acceptors (Lipinski definition) is 2. The zero-order valence-corrected chi connectivity index (χ0v) is 9.71. The Morgan fingerprint density at radius 3 is 2.41 bits per heavy atom. The number of hydrogen-bond donors (Lipinski definition) is 0. The molecule has 0 amide bonds. The van der Waals surface area contributed by atoms with E-state index in [9.17, 15) is 13.2 Å². The van der Waals surface area contributed by atoms with E-state index in [4.69, 9.17) is 4.74 Å². The first-order valence-corrected chi connectivity index (χ1v) is 5.38. The SMILES string of the molecule is Cc1cc(OC2CN(C)C2)cc(C(F)(F)F)c1. The van der Waals surface area contributed by atoms with Gasteiger partial charge in [0.25, 0.3) is 0 Å². The molecule has 2 nitrogen and oxygen atoms in total. The summed E-state index contributed by atoms with van der Waals surface area (Å²) in [6.07, 6.45) is -4.32. The van der Waals surface area contributed by atoms with E-state index in [0.717, 1.165) is 25.2 Å². The average molecular weight is 245 g/mol. The molecule has 0 saturated carbocycles. The molecule has 0 aromatic heterocycles. The van der Waals surface area contributed by atoms with E-state index >= 15 is 0 Å². The number of alkyl halides is 3. The van der Waals surface area contributed by atoms with E-state index in [1.165, 1.54) is 0 Å². The van der Waals surface area contributed by atoms with Gasteiger partial charge in [0.05, 0.1) is 5.56 Å². The van der Waals surface area contributed by atoms with Crippen molar-refractivity contribution in [2.24, 2.45) is 0 Å². The number of nitrogens with zero attached hydrogens (tertiary/aromatic N) is 1. The third kappa shape index (κ3) is 2.91. The zero-order chi connectivity index (χ0) is 12.6. The summed E-state index contributed by atoms with van der Waals surface area (Å²) in [7, 11) is 1.94. The van der Waals surface area contributed by atoms with E-state index in [2.05, 4.69) is 0 Å². The van der Waals surface area contributed by atoms with Crippen LogP contribution in [-0.4, -0.2) is 31.1 Å². The first kappa shape index (κ1) is 12.2. The Morgan fingerprint density at radius 2 is 1.88 bits per heavy atom. The highest BCUT2D eigenvalue weighted by atomic mass is 19.4. The summed E-state index contributed by atoms with van der Waals surface area (Å²) < 4.78 is 43.2. The zero-order valence-electron chi connectivity index (χ0n) is 9.71. The average Bonchev–Trinajstić information content (AvgIpc) is 2.13. The highest BCUT2D eigenvalue weighted by molar-refractivity contribution is 5.35. The molecule has 0 radical (unpaired) electrons. The number of aryl methyl sites for hydroxylation is 1. The minimum atomic E-state index is -4.32. The summed E-state index contributed by atoms with van der Waals surface area (Å²) in [4.78, 5) is 2.05. The normalized spacial score (nSPS) is 17.9. The van der Waals surface area contributed by atoms with Gasteiger partial charge in [0, 0.05) is 13.1 Å². The Kier molecular flexibility index (Phi) is 3.03. The molecule has 1 aliphatic heterocycles. The van der Waals surface area contributed by atoms with Crippen LogP contribution in [-0.2, 0) is 6.18 Å². The van der Waals surface area contributed by atoms with Gasteiger partial charge in [-0.05, 0) is 37.7 Å². The molecule has 94 valence electrons. The number of ether oxygens (including phenoxy) is 1. The van der Waals surface area contributed by atoms with Crippen LogP contribution in [0.15, 0.2) is 18.2 Å². The van der Waals surface area contributed by atoms with Crippen molar-refractivity contribution in [1.29, 1.82) is 0 Å². The summed E-state index contributed by atoms with van der Waals surface area (Å²) in [5.74, 6) is 0.301. The molecule has 0 N–H and O–H groups in total. The third-order valence-corrected chi connectivity index (χ3v) is 2.71. The lowest BCUT2D eigenvalue weighted by Gasteiger charge is -2.36. The van der Waals surface area contributed by atoms with Gasteiger partial charge in [-0.2, -0.15) is 13.2 Å². The Bertz CT molecular complexity index is 411. The topological polar surface area (TPSA) is 12.5 Å². The minimum absolute atomic E-state index is 0.00267. The highest BCUT2D eigenvalue weighted by Crippen LogP contribution is 2.33. The molecule has 1 heterocycles. The van der Waals surface area contributed by atoms with Gasteiger partial charge in [0.1, 0.15) is 11.9 Å². The molecule has 17 heavy (non-hydrogen) atoms. The van der Waals surface area contributed by atoms with Crippen molar-refractivity contribution >= 4 is 0 Å². The van der Waals surface area contributed by atoms with Crippen LogP contribution in [0.1, 0.15) is 11.1 Å². The number of likely N-dealkylation sites (N-methyl/N-ethyl adjacent to an activating group) is 1. The molecule has 2 rings (SSSR count). The van der Waals surface area contributed by atoms with Crippen LogP contribution in [0, 0.1) is 6.92 Å². The van der Waals surface area contributed by atoms with Crippen molar-refractivity contribution in [2.75, 3.05) is 20.1 Å². The second-order valence-electron chi connectivity index (χ2n) is 4.49. The molecular weight excluding hydrogens is 231 g/mol. The molecule has 0 spiro atoms. The number of halogens is 3. The summed E-state index contributed by atoms with van der Waals surface area (Å²) in [6.45, 7) is 3.15. The van der Waals surface area contributed by atoms with Crippen LogP contribution >= 0.6 is 0 Å². The molecule has 0 unspecified atom stereocenters. The van der Waals surface area contributed by atoms with E-state index in [1.807, 2.05) is 11.9 Å². The number of benzene rings is 1. The molecule has 1 saturated heterocycles. The highest BCUT2D eigenvalue weighted by Gasteiger charge is 2.32. The van der Waals surface area contributed by atoms with Gasteiger partial charge < -0.3 is 4.74 Å². The van der Waals surface area contributed by atoms with Crippen molar-refractivity contribution in [1.82, 2.24) is 4.90 Å². The second-order valence-corrected chi connectivity index (χ2v) is 4.49.